The van der Waals surface area contributed by atoms with E-state index in [9.17, 15) is 9.90 Å². The van der Waals surface area contributed by atoms with Crippen LogP contribution in [-0.2, 0) is 11.2 Å². The lowest BCUT2D eigenvalue weighted by Crippen LogP contribution is -2.41. The predicted molar refractivity (Wildman–Crippen MR) is 73.5 cm³/mol. The van der Waals surface area contributed by atoms with Crippen LogP contribution in [0.15, 0.2) is 24.5 Å². The van der Waals surface area contributed by atoms with Gasteiger partial charge in [0.25, 0.3) is 0 Å². The van der Waals surface area contributed by atoms with Crippen LogP contribution in [0.25, 0.3) is 0 Å². The number of pyridine rings is 1. The monoisotopic (exact) mass is 262 g/mol. The van der Waals surface area contributed by atoms with Gasteiger partial charge in [0.05, 0.1) is 12.5 Å². The number of likely N-dealkylation sites (tertiary alicyclic amines) is 1. The minimum Gasteiger partial charge on any atom is -0.393 e. The van der Waals surface area contributed by atoms with Crippen molar-refractivity contribution in [3.8, 4) is 0 Å². The number of aliphatic hydroxyl groups excluding tert-OH is 1. The summed E-state index contributed by atoms with van der Waals surface area (Å²) in [7, 11) is 0. The van der Waals surface area contributed by atoms with Crippen molar-refractivity contribution >= 4 is 5.91 Å². The largest absolute Gasteiger partial charge is 0.393 e. The zero-order valence-corrected chi connectivity index (χ0v) is 11.5. The SMILES string of the molecule is CCC(O)C1CCN(C(=O)Cc2ccncc2)CC1. The van der Waals surface area contributed by atoms with Gasteiger partial charge < -0.3 is 10.0 Å². The standard InChI is InChI=1S/C15H22N2O2/c1-2-14(18)13-5-9-17(10-6-13)15(19)11-12-3-7-16-8-4-12/h3-4,7-8,13-14,18H,2,5-6,9-11H2,1H3. The summed E-state index contributed by atoms with van der Waals surface area (Å²) >= 11 is 0. The Kier molecular flexibility index (Phi) is 4.91. The third-order valence-electron chi connectivity index (χ3n) is 3.96. The zero-order valence-electron chi connectivity index (χ0n) is 11.5. The molecule has 0 aliphatic carbocycles. The average molecular weight is 262 g/mol. The number of carbonyl (C=O) groups is 1. The van der Waals surface area contributed by atoms with Crippen molar-refractivity contribution in [2.45, 2.75) is 38.7 Å². The molecule has 0 spiro atoms. The van der Waals surface area contributed by atoms with E-state index in [0.717, 1.165) is 37.9 Å². The maximum absolute atomic E-state index is 12.2. The van der Waals surface area contributed by atoms with Crippen LogP contribution in [0.2, 0.25) is 0 Å². The molecule has 4 nitrogen and oxygen atoms in total. The summed E-state index contributed by atoms with van der Waals surface area (Å²) in [5, 5.41) is 9.83. The minimum absolute atomic E-state index is 0.177. The van der Waals surface area contributed by atoms with Gasteiger partial charge in [-0.05, 0) is 42.9 Å². The molecule has 1 saturated heterocycles. The van der Waals surface area contributed by atoms with Crippen LogP contribution in [0.3, 0.4) is 0 Å². The molecule has 1 aliphatic heterocycles. The lowest BCUT2D eigenvalue weighted by molar-refractivity contribution is -0.132. The maximum atomic E-state index is 12.2. The Morgan fingerprint density at radius 3 is 2.63 bits per heavy atom. The van der Waals surface area contributed by atoms with Gasteiger partial charge in [-0.25, -0.2) is 0 Å². The van der Waals surface area contributed by atoms with Gasteiger partial charge in [0.1, 0.15) is 0 Å². The number of nitrogens with zero attached hydrogens (tertiary/aromatic N) is 2. The molecule has 1 fully saturated rings. The Morgan fingerprint density at radius 2 is 2.05 bits per heavy atom. The molecule has 2 rings (SSSR count). The highest BCUT2D eigenvalue weighted by atomic mass is 16.3. The van der Waals surface area contributed by atoms with E-state index in [1.165, 1.54) is 0 Å². The van der Waals surface area contributed by atoms with Crippen LogP contribution < -0.4 is 0 Å². The van der Waals surface area contributed by atoms with Crippen molar-refractivity contribution in [3.05, 3.63) is 30.1 Å². The number of carbonyl (C=O) groups excluding carboxylic acids is 1. The van der Waals surface area contributed by atoms with Crippen LogP contribution in [-0.4, -0.2) is 40.1 Å². The minimum atomic E-state index is -0.211. The van der Waals surface area contributed by atoms with E-state index in [-0.39, 0.29) is 12.0 Å². The van der Waals surface area contributed by atoms with Gasteiger partial charge in [-0.2, -0.15) is 0 Å². The first-order chi connectivity index (χ1) is 9.20. The summed E-state index contributed by atoms with van der Waals surface area (Å²) in [5.41, 5.74) is 1.01. The molecule has 1 aromatic heterocycles. The van der Waals surface area contributed by atoms with Gasteiger partial charge in [-0.3, -0.25) is 9.78 Å². The molecule has 1 N–H and O–H groups in total. The van der Waals surface area contributed by atoms with E-state index in [4.69, 9.17) is 0 Å². The van der Waals surface area contributed by atoms with E-state index < -0.39 is 0 Å². The zero-order chi connectivity index (χ0) is 13.7. The van der Waals surface area contributed by atoms with E-state index in [1.807, 2.05) is 24.0 Å². The summed E-state index contributed by atoms with van der Waals surface area (Å²) < 4.78 is 0. The summed E-state index contributed by atoms with van der Waals surface area (Å²) in [6.45, 7) is 3.54. The molecule has 1 atom stereocenters. The summed E-state index contributed by atoms with van der Waals surface area (Å²) in [5.74, 6) is 0.533. The highest BCUT2D eigenvalue weighted by Crippen LogP contribution is 2.22. The topological polar surface area (TPSA) is 53.4 Å². The van der Waals surface area contributed by atoms with Crippen LogP contribution in [0.1, 0.15) is 31.7 Å². The van der Waals surface area contributed by atoms with E-state index in [1.54, 1.807) is 12.4 Å². The number of piperidine rings is 1. The van der Waals surface area contributed by atoms with Gasteiger partial charge in [0.15, 0.2) is 0 Å². The lowest BCUT2D eigenvalue weighted by atomic mass is 9.90. The molecule has 0 aromatic carbocycles. The van der Waals surface area contributed by atoms with Crippen molar-refractivity contribution < 1.29 is 9.90 Å². The fourth-order valence-corrected chi connectivity index (χ4v) is 2.65. The van der Waals surface area contributed by atoms with E-state index >= 15 is 0 Å². The Bertz CT molecular complexity index is 400. The van der Waals surface area contributed by atoms with Crippen molar-refractivity contribution in [3.63, 3.8) is 0 Å². The quantitative estimate of drug-likeness (QED) is 0.897. The Balaban J connectivity index is 1.83. The van der Waals surface area contributed by atoms with Crippen molar-refractivity contribution in [2.24, 2.45) is 5.92 Å². The van der Waals surface area contributed by atoms with Crippen molar-refractivity contribution in [1.82, 2.24) is 9.88 Å². The molecule has 1 aliphatic rings. The van der Waals surface area contributed by atoms with Gasteiger partial charge in [0, 0.05) is 25.5 Å². The number of hydrogen-bond donors (Lipinski definition) is 1. The Labute approximate surface area is 114 Å². The summed E-state index contributed by atoms with van der Waals surface area (Å²) in [4.78, 5) is 18.0. The molecular formula is C15H22N2O2. The molecule has 1 aromatic rings. The number of rotatable bonds is 4. The highest BCUT2D eigenvalue weighted by molar-refractivity contribution is 5.78. The first-order valence-corrected chi connectivity index (χ1v) is 7.05. The maximum Gasteiger partial charge on any atom is 0.226 e. The molecule has 1 unspecified atom stereocenters. The fourth-order valence-electron chi connectivity index (χ4n) is 2.65. The number of amides is 1. The molecule has 0 bridgehead atoms. The summed E-state index contributed by atoms with van der Waals surface area (Å²) in [6.07, 6.45) is 6.30. The molecule has 0 saturated carbocycles. The summed E-state index contributed by atoms with van der Waals surface area (Å²) in [6, 6.07) is 3.76. The Hall–Kier alpha value is -1.42. The second-order valence-corrected chi connectivity index (χ2v) is 5.23. The molecule has 4 heteroatoms. The molecular weight excluding hydrogens is 240 g/mol. The molecule has 19 heavy (non-hydrogen) atoms. The Morgan fingerprint density at radius 1 is 1.42 bits per heavy atom. The highest BCUT2D eigenvalue weighted by Gasteiger charge is 2.26. The second kappa shape index (κ2) is 6.66. The molecule has 2 heterocycles. The molecule has 0 radical (unpaired) electrons. The molecule has 104 valence electrons. The van der Waals surface area contributed by atoms with E-state index in [2.05, 4.69) is 4.98 Å². The predicted octanol–water partition coefficient (Wildman–Crippen LogP) is 1.63. The van der Waals surface area contributed by atoms with Crippen LogP contribution in [0.5, 0.6) is 0 Å². The number of hydrogen-bond acceptors (Lipinski definition) is 3. The second-order valence-electron chi connectivity index (χ2n) is 5.23. The third-order valence-corrected chi connectivity index (χ3v) is 3.96. The normalized spacial score (nSPS) is 18.3. The van der Waals surface area contributed by atoms with Crippen molar-refractivity contribution in [1.29, 1.82) is 0 Å². The van der Waals surface area contributed by atoms with Gasteiger partial charge in [-0.1, -0.05) is 6.92 Å². The van der Waals surface area contributed by atoms with Crippen LogP contribution in [0, 0.1) is 5.92 Å². The van der Waals surface area contributed by atoms with Gasteiger partial charge in [0.2, 0.25) is 5.91 Å². The lowest BCUT2D eigenvalue weighted by Gasteiger charge is -2.34. The van der Waals surface area contributed by atoms with E-state index in [0.29, 0.717) is 12.3 Å². The third kappa shape index (κ3) is 3.77. The first kappa shape index (κ1) is 14.0. The van der Waals surface area contributed by atoms with Crippen LogP contribution >= 0.6 is 0 Å². The van der Waals surface area contributed by atoms with Crippen LogP contribution in [0.4, 0.5) is 0 Å². The van der Waals surface area contributed by atoms with Gasteiger partial charge >= 0.3 is 0 Å². The average Bonchev–Trinajstić information content (AvgIpc) is 2.47. The first-order valence-electron chi connectivity index (χ1n) is 7.05. The smallest absolute Gasteiger partial charge is 0.226 e. The number of aromatic nitrogens is 1. The fraction of sp³-hybridized carbons (Fsp3) is 0.600. The van der Waals surface area contributed by atoms with Crippen molar-refractivity contribution in [2.75, 3.05) is 13.1 Å². The number of aliphatic hydroxyl groups is 1. The van der Waals surface area contributed by atoms with Gasteiger partial charge in [-0.15, -0.1) is 0 Å². The molecule has 1 amide bonds.